The molecule has 0 atom stereocenters. The van der Waals surface area contributed by atoms with E-state index in [1.54, 1.807) is 42.5 Å². The standard InChI is InChI=1S/C25H19ClFN7O2/c1-14-3-2-4-21(31-14)36-19-10-7-16(11-18(19)27)22-23(33-34-24(22)25(28)29-13-30-34)15-5-8-17(9-6-15)32-20(35)12-26/h2-11,13H,12H2,1H3,(H,32,35)(H2,28,29,30). The van der Waals surface area contributed by atoms with Crippen molar-refractivity contribution in [3.63, 3.8) is 0 Å². The largest absolute Gasteiger partial charge is 0.436 e. The maximum atomic E-state index is 15.2. The number of fused-ring (bicyclic) bond motifs is 1. The first kappa shape index (κ1) is 23.2. The van der Waals surface area contributed by atoms with Gasteiger partial charge in [0, 0.05) is 28.6 Å². The highest BCUT2D eigenvalue weighted by molar-refractivity contribution is 6.29. The zero-order chi connectivity index (χ0) is 25.2. The van der Waals surface area contributed by atoms with Crippen molar-refractivity contribution in [2.45, 2.75) is 6.92 Å². The molecule has 0 saturated carbocycles. The van der Waals surface area contributed by atoms with Crippen LogP contribution in [0.3, 0.4) is 0 Å². The van der Waals surface area contributed by atoms with Gasteiger partial charge in [0.05, 0.1) is 0 Å². The van der Waals surface area contributed by atoms with E-state index in [4.69, 9.17) is 22.1 Å². The van der Waals surface area contributed by atoms with E-state index in [9.17, 15) is 4.79 Å². The number of carbonyl (C=O) groups excluding carboxylic acids is 1. The summed E-state index contributed by atoms with van der Waals surface area (Å²) >= 11 is 5.56. The number of anilines is 2. The summed E-state index contributed by atoms with van der Waals surface area (Å²) in [5, 5.41) is 11.4. The molecule has 0 fully saturated rings. The molecule has 3 aromatic heterocycles. The predicted octanol–water partition coefficient (Wildman–Crippen LogP) is 4.85. The normalized spacial score (nSPS) is 11.0. The molecule has 0 saturated heterocycles. The van der Waals surface area contributed by atoms with Crippen molar-refractivity contribution in [2.75, 3.05) is 16.9 Å². The Balaban J connectivity index is 1.58. The van der Waals surface area contributed by atoms with Gasteiger partial charge in [0.2, 0.25) is 11.8 Å². The number of nitrogen functional groups attached to an aromatic ring is 1. The molecular weight excluding hydrogens is 485 g/mol. The number of rotatable bonds is 6. The second-order valence-electron chi connectivity index (χ2n) is 7.83. The molecule has 1 amide bonds. The number of alkyl halides is 1. The number of amides is 1. The van der Waals surface area contributed by atoms with E-state index < -0.39 is 5.82 Å². The molecule has 0 aliphatic heterocycles. The number of benzene rings is 2. The molecule has 0 unspecified atom stereocenters. The van der Waals surface area contributed by atoms with Gasteiger partial charge in [-0.1, -0.05) is 24.3 Å². The van der Waals surface area contributed by atoms with Crippen LogP contribution in [-0.4, -0.2) is 36.6 Å². The lowest BCUT2D eigenvalue weighted by Crippen LogP contribution is -2.12. The van der Waals surface area contributed by atoms with Gasteiger partial charge in [-0.25, -0.2) is 14.4 Å². The van der Waals surface area contributed by atoms with Crippen LogP contribution in [0.15, 0.2) is 67.0 Å². The molecule has 0 radical (unpaired) electrons. The number of hydrogen-bond acceptors (Lipinski definition) is 7. The lowest BCUT2D eigenvalue weighted by Gasteiger charge is -2.10. The van der Waals surface area contributed by atoms with E-state index in [1.807, 2.05) is 13.0 Å². The SMILES string of the molecule is Cc1cccc(Oc2ccc(-c3c(-c4ccc(NC(=O)CCl)cc4)nn4ncnc(N)c34)cc2F)n1. The van der Waals surface area contributed by atoms with Gasteiger partial charge < -0.3 is 15.8 Å². The van der Waals surface area contributed by atoms with Crippen LogP contribution in [0, 0.1) is 12.7 Å². The van der Waals surface area contributed by atoms with E-state index in [0.717, 1.165) is 5.69 Å². The van der Waals surface area contributed by atoms with Gasteiger partial charge in [-0.2, -0.15) is 0 Å². The highest BCUT2D eigenvalue weighted by Crippen LogP contribution is 2.38. The maximum Gasteiger partial charge on any atom is 0.239 e. The molecule has 11 heteroatoms. The molecule has 0 aliphatic carbocycles. The number of halogens is 2. The first-order valence-electron chi connectivity index (χ1n) is 10.8. The number of aromatic nitrogens is 5. The van der Waals surface area contributed by atoms with Crippen molar-refractivity contribution < 1.29 is 13.9 Å². The average Bonchev–Trinajstić information content (AvgIpc) is 3.27. The topological polar surface area (TPSA) is 120 Å². The van der Waals surface area contributed by atoms with E-state index >= 15 is 4.39 Å². The molecule has 3 N–H and O–H groups in total. The molecular formula is C25H19ClFN7O2. The molecule has 0 bridgehead atoms. The van der Waals surface area contributed by atoms with E-state index in [0.29, 0.717) is 33.6 Å². The Hall–Kier alpha value is -4.57. The minimum absolute atomic E-state index is 0.0264. The monoisotopic (exact) mass is 503 g/mol. The molecule has 0 spiro atoms. The maximum absolute atomic E-state index is 15.2. The van der Waals surface area contributed by atoms with Crippen LogP contribution < -0.4 is 15.8 Å². The van der Waals surface area contributed by atoms with Crippen molar-refractivity contribution in [1.29, 1.82) is 0 Å². The van der Waals surface area contributed by atoms with Crippen LogP contribution in [0.1, 0.15) is 5.69 Å². The molecule has 5 rings (SSSR count). The quantitative estimate of drug-likeness (QED) is 0.318. The van der Waals surface area contributed by atoms with Crippen molar-refractivity contribution >= 4 is 34.5 Å². The number of carbonyl (C=O) groups is 1. The number of ether oxygens (including phenoxy) is 1. The fourth-order valence-corrected chi connectivity index (χ4v) is 3.79. The molecule has 36 heavy (non-hydrogen) atoms. The van der Waals surface area contributed by atoms with E-state index in [1.165, 1.54) is 23.1 Å². The van der Waals surface area contributed by atoms with Gasteiger partial charge in [-0.3, -0.25) is 4.79 Å². The minimum Gasteiger partial charge on any atom is -0.436 e. The Kier molecular flexibility index (Phi) is 6.17. The third-order valence-corrected chi connectivity index (χ3v) is 5.57. The van der Waals surface area contributed by atoms with Crippen LogP contribution in [0.2, 0.25) is 0 Å². The molecule has 180 valence electrons. The van der Waals surface area contributed by atoms with E-state index in [2.05, 4.69) is 25.5 Å². The van der Waals surface area contributed by atoms with Gasteiger partial charge in [0.1, 0.15) is 23.4 Å². The average molecular weight is 504 g/mol. The first-order chi connectivity index (χ1) is 17.4. The fourth-order valence-electron chi connectivity index (χ4n) is 3.73. The summed E-state index contributed by atoms with van der Waals surface area (Å²) in [5.41, 5.74) is 10.2. The van der Waals surface area contributed by atoms with Gasteiger partial charge in [-0.15, -0.1) is 26.4 Å². The smallest absolute Gasteiger partial charge is 0.239 e. The summed E-state index contributed by atoms with van der Waals surface area (Å²) in [6.45, 7) is 1.82. The second-order valence-corrected chi connectivity index (χ2v) is 8.10. The van der Waals surface area contributed by atoms with Crippen molar-refractivity contribution in [2.24, 2.45) is 0 Å². The predicted molar refractivity (Wildman–Crippen MR) is 134 cm³/mol. The molecule has 9 nitrogen and oxygen atoms in total. The Morgan fingerprint density at radius 1 is 1.14 bits per heavy atom. The number of aryl methyl sites for hydroxylation is 1. The third-order valence-electron chi connectivity index (χ3n) is 5.33. The molecule has 0 aliphatic rings. The highest BCUT2D eigenvalue weighted by atomic mass is 35.5. The highest BCUT2D eigenvalue weighted by Gasteiger charge is 2.21. The van der Waals surface area contributed by atoms with Crippen LogP contribution in [0.5, 0.6) is 11.6 Å². The van der Waals surface area contributed by atoms with Crippen molar-refractivity contribution in [1.82, 2.24) is 24.8 Å². The lowest BCUT2D eigenvalue weighted by atomic mass is 9.99. The number of nitrogens with one attached hydrogen (secondary N) is 1. The lowest BCUT2D eigenvalue weighted by molar-refractivity contribution is -0.113. The fraction of sp³-hybridized carbons (Fsp3) is 0.0800. The van der Waals surface area contributed by atoms with Crippen molar-refractivity contribution in [3.05, 3.63) is 78.5 Å². The van der Waals surface area contributed by atoms with Crippen LogP contribution >= 0.6 is 11.6 Å². The van der Waals surface area contributed by atoms with Gasteiger partial charge in [0.15, 0.2) is 17.4 Å². The Morgan fingerprint density at radius 3 is 2.64 bits per heavy atom. The number of pyridine rings is 1. The van der Waals surface area contributed by atoms with Crippen LogP contribution in [-0.2, 0) is 4.79 Å². The van der Waals surface area contributed by atoms with Gasteiger partial charge >= 0.3 is 0 Å². The molecule has 2 aromatic carbocycles. The summed E-state index contributed by atoms with van der Waals surface area (Å²) in [6, 6.07) is 16.8. The minimum atomic E-state index is -0.587. The summed E-state index contributed by atoms with van der Waals surface area (Å²) in [5.74, 6) is -0.554. The number of nitrogens with two attached hydrogens (primary N) is 1. The first-order valence-corrected chi connectivity index (χ1v) is 11.3. The Morgan fingerprint density at radius 2 is 1.92 bits per heavy atom. The number of nitrogens with zero attached hydrogens (tertiary/aromatic N) is 5. The van der Waals surface area contributed by atoms with Gasteiger partial charge in [-0.05, 0) is 42.8 Å². The second kappa shape index (κ2) is 9.59. The number of hydrogen-bond donors (Lipinski definition) is 2. The van der Waals surface area contributed by atoms with Gasteiger partial charge in [0.25, 0.3) is 0 Å². The van der Waals surface area contributed by atoms with Crippen molar-refractivity contribution in [3.8, 4) is 34.0 Å². The summed E-state index contributed by atoms with van der Waals surface area (Å²) in [4.78, 5) is 19.9. The van der Waals surface area contributed by atoms with E-state index in [-0.39, 0.29) is 29.2 Å². The third kappa shape index (κ3) is 4.53. The summed E-state index contributed by atoms with van der Waals surface area (Å²) < 4.78 is 22.2. The zero-order valence-corrected chi connectivity index (χ0v) is 19.7. The Labute approximate surface area is 209 Å². The summed E-state index contributed by atoms with van der Waals surface area (Å²) in [7, 11) is 0. The molecule has 5 aromatic rings. The molecule has 3 heterocycles. The summed E-state index contributed by atoms with van der Waals surface area (Å²) in [6.07, 6.45) is 1.29. The van der Waals surface area contributed by atoms with Crippen LogP contribution in [0.4, 0.5) is 15.9 Å². The Bertz CT molecular complexity index is 1590. The van der Waals surface area contributed by atoms with Crippen LogP contribution in [0.25, 0.3) is 27.9 Å². The zero-order valence-electron chi connectivity index (χ0n) is 18.9.